The molecule has 1 aliphatic carbocycles. The third-order valence-corrected chi connectivity index (χ3v) is 3.62. The molecule has 2 rings (SSSR count). The molecular weight excluding hydrogens is 212 g/mol. The summed E-state index contributed by atoms with van der Waals surface area (Å²) >= 11 is 3.72. The van der Waals surface area contributed by atoms with Crippen LogP contribution in [0.3, 0.4) is 0 Å². The number of alkyl halides is 1. The molecule has 0 fully saturated rings. The van der Waals surface area contributed by atoms with Gasteiger partial charge >= 0.3 is 0 Å². The number of benzene rings is 1. The van der Waals surface area contributed by atoms with Gasteiger partial charge in [-0.05, 0) is 29.9 Å². The second kappa shape index (κ2) is 3.21. The van der Waals surface area contributed by atoms with E-state index in [-0.39, 0.29) is 0 Å². The van der Waals surface area contributed by atoms with Crippen molar-refractivity contribution in [2.45, 2.75) is 30.5 Å². The topological polar surface area (TPSA) is 0 Å². The second-order valence-electron chi connectivity index (χ2n) is 3.44. The molecule has 0 saturated carbocycles. The molecule has 0 saturated heterocycles. The smallest absolute Gasteiger partial charge is 0.0404 e. The Morgan fingerprint density at radius 3 is 2.67 bits per heavy atom. The fourth-order valence-corrected chi connectivity index (χ4v) is 2.93. The maximum Gasteiger partial charge on any atom is 0.0404 e. The van der Waals surface area contributed by atoms with E-state index in [0.717, 1.165) is 5.92 Å². The van der Waals surface area contributed by atoms with Crippen LogP contribution in [0.5, 0.6) is 0 Å². The van der Waals surface area contributed by atoms with E-state index in [4.69, 9.17) is 0 Å². The van der Waals surface area contributed by atoms with Crippen LogP contribution in [-0.2, 0) is 0 Å². The van der Waals surface area contributed by atoms with Crippen molar-refractivity contribution in [2.75, 3.05) is 0 Å². The molecule has 0 amide bonds. The van der Waals surface area contributed by atoms with Crippen LogP contribution in [-0.4, -0.2) is 0 Å². The van der Waals surface area contributed by atoms with Gasteiger partial charge in [0, 0.05) is 4.83 Å². The first-order valence-electron chi connectivity index (χ1n) is 4.55. The van der Waals surface area contributed by atoms with Gasteiger partial charge in [0.2, 0.25) is 0 Å². The highest BCUT2D eigenvalue weighted by molar-refractivity contribution is 9.09. The summed E-state index contributed by atoms with van der Waals surface area (Å²) in [6.45, 7) is 2.27. The average molecular weight is 225 g/mol. The fraction of sp³-hybridized carbons (Fsp3) is 0.455. The molecule has 1 aromatic carbocycles. The highest BCUT2D eigenvalue weighted by Crippen LogP contribution is 2.46. The number of hydrogen-bond acceptors (Lipinski definition) is 0. The quantitative estimate of drug-likeness (QED) is 0.633. The molecule has 0 spiro atoms. The van der Waals surface area contributed by atoms with E-state index < -0.39 is 0 Å². The van der Waals surface area contributed by atoms with Crippen LogP contribution < -0.4 is 0 Å². The predicted octanol–water partition coefficient (Wildman–Crippen LogP) is 4.02. The average Bonchev–Trinajstić information content (AvgIpc) is 2.44. The lowest BCUT2D eigenvalue weighted by atomic mass is 9.99. The Balaban J connectivity index is 2.43. The second-order valence-corrected chi connectivity index (χ2v) is 4.54. The summed E-state index contributed by atoms with van der Waals surface area (Å²) in [7, 11) is 0. The zero-order valence-corrected chi connectivity index (χ0v) is 8.84. The van der Waals surface area contributed by atoms with Crippen molar-refractivity contribution in [2.24, 2.45) is 0 Å². The van der Waals surface area contributed by atoms with Crippen molar-refractivity contribution in [3.63, 3.8) is 0 Å². The Hall–Kier alpha value is -0.300. The molecule has 0 aromatic heterocycles. The molecule has 0 heterocycles. The standard InChI is InChI=1S/C11H13Br/c1-2-8-7-11(12)10-6-4-3-5-9(8)10/h3-6,8,11H,2,7H2,1H3. The largest absolute Gasteiger partial charge is 0.0838 e. The van der Waals surface area contributed by atoms with Gasteiger partial charge in [-0.2, -0.15) is 0 Å². The van der Waals surface area contributed by atoms with E-state index in [1.54, 1.807) is 5.56 Å². The van der Waals surface area contributed by atoms with Crippen molar-refractivity contribution >= 4 is 15.9 Å². The van der Waals surface area contributed by atoms with Crippen molar-refractivity contribution in [3.05, 3.63) is 35.4 Å². The van der Waals surface area contributed by atoms with Crippen LogP contribution >= 0.6 is 15.9 Å². The lowest BCUT2D eigenvalue weighted by Crippen LogP contribution is -1.89. The number of rotatable bonds is 1. The lowest BCUT2D eigenvalue weighted by molar-refractivity contribution is 0.654. The van der Waals surface area contributed by atoms with E-state index in [9.17, 15) is 0 Å². The fourth-order valence-electron chi connectivity index (χ4n) is 2.06. The summed E-state index contributed by atoms with van der Waals surface area (Å²) in [5, 5.41) is 0. The first-order valence-corrected chi connectivity index (χ1v) is 5.47. The van der Waals surface area contributed by atoms with Crippen LogP contribution in [0, 0.1) is 0 Å². The lowest BCUT2D eigenvalue weighted by Gasteiger charge is -2.06. The van der Waals surface area contributed by atoms with Crippen LogP contribution in [0.15, 0.2) is 24.3 Å². The monoisotopic (exact) mass is 224 g/mol. The van der Waals surface area contributed by atoms with Gasteiger partial charge in [-0.25, -0.2) is 0 Å². The molecule has 2 atom stereocenters. The van der Waals surface area contributed by atoms with E-state index in [0.29, 0.717) is 4.83 Å². The molecule has 12 heavy (non-hydrogen) atoms. The van der Waals surface area contributed by atoms with Gasteiger partial charge in [-0.3, -0.25) is 0 Å². The molecular formula is C11H13Br. The number of halogens is 1. The molecule has 0 N–H and O–H groups in total. The summed E-state index contributed by atoms with van der Waals surface area (Å²) in [5.74, 6) is 0.783. The summed E-state index contributed by atoms with van der Waals surface area (Å²) in [4.78, 5) is 0.596. The third-order valence-electron chi connectivity index (χ3n) is 2.76. The predicted molar refractivity (Wildman–Crippen MR) is 55.8 cm³/mol. The van der Waals surface area contributed by atoms with Crippen LogP contribution in [0.4, 0.5) is 0 Å². The van der Waals surface area contributed by atoms with Gasteiger partial charge < -0.3 is 0 Å². The van der Waals surface area contributed by atoms with E-state index in [1.807, 2.05) is 0 Å². The Kier molecular flexibility index (Phi) is 2.22. The highest BCUT2D eigenvalue weighted by Gasteiger charge is 2.26. The van der Waals surface area contributed by atoms with Crippen molar-refractivity contribution in [1.29, 1.82) is 0 Å². The minimum Gasteiger partial charge on any atom is -0.0838 e. The summed E-state index contributed by atoms with van der Waals surface area (Å²) < 4.78 is 0. The normalized spacial score (nSPS) is 27.2. The molecule has 1 heteroatoms. The third kappa shape index (κ3) is 1.20. The minimum absolute atomic E-state index is 0.596. The van der Waals surface area contributed by atoms with Crippen LogP contribution in [0.2, 0.25) is 0 Å². The van der Waals surface area contributed by atoms with E-state index in [1.165, 1.54) is 18.4 Å². The zero-order valence-electron chi connectivity index (χ0n) is 7.26. The number of hydrogen-bond donors (Lipinski definition) is 0. The highest BCUT2D eigenvalue weighted by atomic mass is 79.9. The van der Waals surface area contributed by atoms with Gasteiger partial charge in [0.05, 0.1) is 0 Å². The van der Waals surface area contributed by atoms with Gasteiger partial charge in [-0.15, -0.1) is 0 Å². The Morgan fingerprint density at radius 2 is 2.00 bits per heavy atom. The van der Waals surface area contributed by atoms with Gasteiger partial charge in [0.25, 0.3) is 0 Å². The maximum atomic E-state index is 3.72. The molecule has 0 aliphatic heterocycles. The minimum atomic E-state index is 0.596. The molecule has 1 aliphatic rings. The molecule has 0 nitrogen and oxygen atoms in total. The molecule has 0 bridgehead atoms. The van der Waals surface area contributed by atoms with Gasteiger partial charge in [0.1, 0.15) is 0 Å². The molecule has 1 aromatic rings. The zero-order chi connectivity index (χ0) is 8.55. The molecule has 0 radical (unpaired) electrons. The van der Waals surface area contributed by atoms with Crippen molar-refractivity contribution in [3.8, 4) is 0 Å². The first-order chi connectivity index (χ1) is 5.83. The Bertz CT molecular complexity index is 280. The first kappa shape index (κ1) is 8.31. The van der Waals surface area contributed by atoms with E-state index in [2.05, 4.69) is 47.1 Å². The van der Waals surface area contributed by atoms with Crippen LogP contribution in [0.25, 0.3) is 0 Å². The van der Waals surface area contributed by atoms with E-state index >= 15 is 0 Å². The Labute approximate surface area is 82.1 Å². The van der Waals surface area contributed by atoms with Crippen molar-refractivity contribution in [1.82, 2.24) is 0 Å². The maximum absolute atomic E-state index is 3.72. The number of fused-ring (bicyclic) bond motifs is 1. The molecule has 64 valence electrons. The van der Waals surface area contributed by atoms with Gasteiger partial charge in [0.15, 0.2) is 0 Å². The summed E-state index contributed by atoms with van der Waals surface area (Å²) in [5.41, 5.74) is 3.06. The summed E-state index contributed by atoms with van der Waals surface area (Å²) in [6.07, 6.45) is 2.54. The SMILES string of the molecule is CCC1CC(Br)c2ccccc21. The molecule has 2 unspecified atom stereocenters. The van der Waals surface area contributed by atoms with Crippen molar-refractivity contribution < 1.29 is 0 Å². The van der Waals surface area contributed by atoms with Gasteiger partial charge in [-0.1, -0.05) is 47.1 Å². The summed E-state index contributed by atoms with van der Waals surface area (Å²) in [6, 6.07) is 8.78. The van der Waals surface area contributed by atoms with Crippen LogP contribution in [0.1, 0.15) is 41.6 Å². The Morgan fingerprint density at radius 1 is 1.33 bits per heavy atom.